The number of fused-ring (bicyclic) bond motifs is 3. The van der Waals surface area contributed by atoms with E-state index in [-0.39, 0.29) is 12.1 Å². The Morgan fingerprint density at radius 1 is 1.37 bits per heavy atom. The molecule has 0 aliphatic carbocycles. The third-order valence-electron chi connectivity index (χ3n) is 4.67. The second kappa shape index (κ2) is 6.86. The summed E-state index contributed by atoms with van der Waals surface area (Å²) in [7, 11) is 0. The molecule has 4 rings (SSSR count). The highest BCUT2D eigenvalue weighted by Gasteiger charge is 2.37. The van der Waals surface area contributed by atoms with Crippen LogP contribution in [0.5, 0.6) is 5.75 Å². The van der Waals surface area contributed by atoms with E-state index in [4.69, 9.17) is 18.9 Å². The molecule has 0 bridgehead atoms. The predicted molar refractivity (Wildman–Crippen MR) is 104 cm³/mol. The van der Waals surface area contributed by atoms with Gasteiger partial charge >= 0.3 is 6.09 Å². The zero-order chi connectivity index (χ0) is 19.2. The zero-order valence-electron chi connectivity index (χ0n) is 15.8. The van der Waals surface area contributed by atoms with E-state index in [0.717, 1.165) is 40.1 Å². The highest BCUT2D eigenvalue weighted by molar-refractivity contribution is 9.10. The lowest BCUT2D eigenvalue weighted by Crippen LogP contribution is -2.36. The van der Waals surface area contributed by atoms with Crippen molar-refractivity contribution in [3.8, 4) is 17.0 Å². The summed E-state index contributed by atoms with van der Waals surface area (Å²) >= 11 is 3.48. The van der Waals surface area contributed by atoms with Crippen molar-refractivity contribution in [2.75, 3.05) is 13.2 Å². The molecule has 1 saturated heterocycles. The van der Waals surface area contributed by atoms with Gasteiger partial charge in [0.2, 0.25) is 5.89 Å². The van der Waals surface area contributed by atoms with Gasteiger partial charge in [0.05, 0.1) is 6.61 Å². The average molecular weight is 435 g/mol. The summed E-state index contributed by atoms with van der Waals surface area (Å²) in [6, 6.07) is 5.71. The molecular formula is C20H23BrN2O4. The number of hydrogen-bond acceptors (Lipinski definition) is 5. The maximum absolute atomic E-state index is 12.6. The smallest absolute Gasteiger partial charge is 0.410 e. The van der Waals surface area contributed by atoms with Gasteiger partial charge in [0.25, 0.3) is 0 Å². The number of nitrogens with zero attached hydrogens (tertiary/aromatic N) is 2. The van der Waals surface area contributed by atoms with Crippen molar-refractivity contribution in [2.45, 2.75) is 51.7 Å². The first-order chi connectivity index (χ1) is 12.8. The third kappa shape index (κ3) is 3.70. The zero-order valence-corrected chi connectivity index (χ0v) is 17.3. The first-order valence-electron chi connectivity index (χ1n) is 9.24. The van der Waals surface area contributed by atoms with Gasteiger partial charge in [-0.2, -0.15) is 0 Å². The lowest BCUT2D eigenvalue weighted by molar-refractivity contribution is 0.0203. The van der Waals surface area contributed by atoms with E-state index in [0.29, 0.717) is 25.5 Å². The van der Waals surface area contributed by atoms with E-state index >= 15 is 0 Å². The van der Waals surface area contributed by atoms with Crippen LogP contribution in [0.15, 0.2) is 27.1 Å². The summed E-state index contributed by atoms with van der Waals surface area (Å²) in [4.78, 5) is 19.1. The molecule has 1 amide bonds. The molecule has 0 saturated carbocycles. The number of oxazole rings is 1. The van der Waals surface area contributed by atoms with Crippen LogP contribution in [0.25, 0.3) is 11.3 Å². The molecular weight excluding hydrogens is 412 g/mol. The average Bonchev–Trinajstić information content (AvgIpc) is 3.17. The van der Waals surface area contributed by atoms with Crippen molar-refractivity contribution < 1.29 is 18.7 Å². The number of rotatable bonds is 1. The Morgan fingerprint density at radius 3 is 2.96 bits per heavy atom. The number of amides is 1. The summed E-state index contributed by atoms with van der Waals surface area (Å²) < 4.78 is 18.5. The minimum Gasteiger partial charge on any atom is -0.492 e. The van der Waals surface area contributed by atoms with Gasteiger partial charge in [-0.15, -0.1) is 0 Å². The molecule has 2 aliphatic heterocycles. The van der Waals surface area contributed by atoms with E-state index in [9.17, 15) is 4.79 Å². The Labute approximate surface area is 167 Å². The lowest BCUT2D eigenvalue weighted by Gasteiger charge is -2.27. The van der Waals surface area contributed by atoms with Gasteiger partial charge in [-0.25, -0.2) is 9.78 Å². The molecule has 1 fully saturated rings. The van der Waals surface area contributed by atoms with Crippen LogP contribution in [0.2, 0.25) is 0 Å². The molecule has 144 valence electrons. The fourth-order valence-electron chi connectivity index (χ4n) is 3.52. The fraction of sp³-hybridized carbons (Fsp3) is 0.500. The molecule has 0 spiro atoms. The first kappa shape index (κ1) is 18.3. The van der Waals surface area contributed by atoms with Crippen LogP contribution in [0.4, 0.5) is 4.79 Å². The highest BCUT2D eigenvalue weighted by Crippen LogP contribution is 2.40. The van der Waals surface area contributed by atoms with Gasteiger partial charge in [-0.3, -0.25) is 4.90 Å². The van der Waals surface area contributed by atoms with Crippen molar-refractivity contribution in [1.29, 1.82) is 0 Å². The molecule has 27 heavy (non-hydrogen) atoms. The number of benzene rings is 1. The number of halogens is 1. The van der Waals surface area contributed by atoms with Crippen LogP contribution < -0.4 is 4.74 Å². The second-order valence-corrected chi connectivity index (χ2v) is 8.81. The predicted octanol–water partition coefficient (Wildman–Crippen LogP) is 5.11. The Morgan fingerprint density at radius 2 is 2.19 bits per heavy atom. The van der Waals surface area contributed by atoms with Gasteiger partial charge in [-0.1, -0.05) is 15.9 Å². The SMILES string of the molecule is CC(C)(C)OC(=O)N1CCCC1c1nc2c(o1)CCOc1cc(Br)ccc1-2. The van der Waals surface area contributed by atoms with Crippen LogP contribution >= 0.6 is 15.9 Å². The topological polar surface area (TPSA) is 64.8 Å². The summed E-state index contributed by atoms with van der Waals surface area (Å²) in [6.45, 7) is 6.81. The fourth-order valence-corrected chi connectivity index (χ4v) is 3.86. The maximum atomic E-state index is 12.6. The summed E-state index contributed by atoms with van der Waals surface area (Å²) in [6.07, 6.45) is 2.06. The Hall–Kier alpha value is -2.02. The van der Waals surface area contributed by atoms with Crippen LogP contribution in [-0.2, 0) is 11.2 Å². The van der Waals surface area contributed by atoms with Crippen LogP contribution in [0.1, 0.15) is 51.3 Å². The largest absolute Gasteiger partial charge is 0.492 e. The number of aromatic nitrogens is 1. The quantitative estimate of drug-likeness (QED) is 0.623. The van der Waals surface area contributed by atoms with Crippen molar-refractivity contribution in [3.05, 3.63) is 34.3 Å². The molecule has 3 heterocycles. The van der Waals surface area contributed by atoms with Crippen molar-refractivity contribution in [3.63, 3.8) is 0 Å². The van der Waals surface area contributed by atoms with Gasteiger partial charge in [0.1, 0.15) is 28.8 Å². The number of hydrogen-bond donors (Lipinski definition) is 0. The van der Waals surface area contributed by atoms with E-state index in [1.807, 2.05) is 39.0 Å². The number of carbonyl (C=O) groups is 1. The van der Waals surface area contributed by atoms with E-state index in [1.54, 1.807) is 4.90 Å². The number of likely N-dealkylation sites (tertiary alicyclic amines) is 1. The maximum Gasteiger partial charge on any atom is 0.410 e. The van der Waals surface area contributed by atoms with Gasteiger partial charge < -0.3 is 13.9 Å². The molecule has 1 aromatic heterocycles. The van der Waals surface area contributed by atoms with Crippen LogP contribution in [-0.4, -0.2) is 34.7 Å². The Bertz CT molecular complexity index is 871. The normalized spacial score (nSPS) is 19.1. The van der Waals surface area contributed by atoms with Crippen LogP contribution in [0.3, 0.4) is 0 Å². The number of ether oxygens (including phenoxy) is 2. The Balaban J connectivity index is 1.66. The molecule has 2 aromatic rings. The first-order valence-corrected chi connectivity index (χ1v) is 10.0. The minimum atomic E-state index is -0.526. The van der Waals surface area contributed by atoms with Gasteiger partial charge in [-0.05, 0) is 51.8 Å². The summed E-state index contributed by atoms with van der Waals surface area (Å²) in [5, 5.41) is 0. The number of carbonyl (C=O) groups excluding carboxylic acids is 1. The molecule has 6 nitrogen and oxygen atoms in total. The second-order valence-electron chi connectivity index (χ2n) is 7.89. The third-order valence-corrected chi connectivity index (χ3v) is 5.16. The van der Waals surface area contributed by atoms with Gasteiger partial charge in [0.15, 0.2) is 0 Å². The van der Waals surface area contributed by atoms with E-state index < -0.39 is 5.60 Å². The van der Waals surface area contributed by atoms with Crippen molar-refractivity contribution in [2.24, 2.45) is 0 Å². The molecule has 1 unspecified atom stereocenters. The minimum absolute atomic E-state index is 0.188. The van der Waals surface area contributed by atoms with Crippen molar-refractivity contribution >= 4 is 22.0 Å². The standard InChI is InChI=1S/C20H23BrN2O4/c1-20(2,3)27-19(24)23-9-4-5-14(23)18-22-17-13-7-6-12(21)11-16(13)25-10-8-15(17)26-18/h6-7,11,14H,4-5,8-10H2,1-3H3. The molecule has 0 N–H and O–H groups in total. The van der Waals surface area contributed by atoms with E-state index in [2.05, 4.69) is 15.9 Å². The van der Waals surface area contributed by atoms with Gasteiger partial charge in [0, 0.05) is 23.0 Å². The Kier molecular flexibility index (Phi) is 4.66. The monoisotopic (exact) mass is 434 g/mol. The van der Waals surface area contributed by atoms with Crippen LogP contribution in [0, 0.1) is 0 Å². The van der Waals surface area contributed by atoms with E-state index in [1.165, 1.54) is 0 Å². The molecule has 2 aliphatic rings. The molecule has 1 aromatic carbocycles. The highest BCUT2D eigenvalue weighted by atomic mass is 79.9. The molecule has 0 radical (unpaired) electrons. The molecule has 1 atom stereocenters. The molecule has 7 heteroatoms. The lowest BCUT2D eigenvalue weighted by atomic mass is 10.1. The summed E-state index contributed by atoms with van der Waals surface area (Å²) in [5.41, 5.74) is 1.20. The summed E-state index contributed by atoms with van der Waals surface area (Å²) in [5.74, 6) is 2.18. The van der Waals surface area contributed by atoms with Crippen molar-refractivity contribution in [1.82, 2.24) is 9.88 Å².